The lowest BCUT2D eigenvalue weighted by Crippen LogP contribution is -2.38. The Balaban J connectivity index is 1.84. The van der Waals surface area contributed by atoms with Gasteiger partial charge in [-0.05, 0) is 37.5 Å². The van der Waals surface area contributed by atoms with Crippen LogP contribution in [0, 0.1) is 22.0 Å². The van der Waals surface area contributed by atoms with Crippen LogP contribution in [0.25, 0.3) is 0 Å². The molecule has 0 aliphatic heterocycles. The molecule has 0 aromatic heterocycles. The van der Waals surface area contributed by atoms with Gasteiger partial charge in [0.25, 0.3) is 11.6 Å². The zero-order valence-corrected chi connectivity index (χ0v) is 12.1. The third-order valence-electron chi connectivity index (χ3n) is 4.13. The van der Waals surface area contributed by atoms with Crippen molar-refractivity contribution in [2.75, 3.05) is 5.73 Å². The highest BCUT2D eigenvalue weighted by atomic mass is 35.5. The molecule has 7 heteroatoms. The molecule has 2 fully saturated rings. The Morgan fingerprint density at radius 2 is 1.90 bits per heavy atom. The molecule has 0 radical (unpaired) electrons. The molecule has 0 heterocycles. The van der Waals surface area contributed by atoms with Gasteiger partial charge >= 0.3 is 0 Å². The van der Waals surface area contributed by atoms with Crippen LogP contribution in [0.4, 0.5) is 11.4 Å². The highest BCUT2D eigenvalue weighted by Gasteiger charge is 2.42. The van der Waals surface area contributed by atoms with Crippen LogP contribution in [-0.2, 0) is 0 Å². The van der Waals surface area contributed by atoms with E-state index in [0.29, 0.717) is 11.8 Å². The van der Waals surface area contributed by atoms with E-state index in [9.17, 15) is 14.9 Å². The number of nitro benzene ring substituents is 1. The van der Waals surface area contributed by atoms with Crippen molar-refractivity contribution in [2.24, 2.45) is 11.8 Å². The summed E-state index contributed by atoms with van der Waals surface area (Å²) in [4.78, 5) is 22.7. The summed E-state index contributed by atoms with van der Waals surface area (Å²) in [6.45, 7) is 0. The average Bonchev–Trinajstić information content (AvgIpc) is 3.30. The molecule has 2 aliphatic carbocycles. The third-order valence-corrected chi connectivity index (χ3v) is 4.44. The van der Waals surface area contributed by atoms with Crippen LogP contribution in [0.2, 0.25) is 5.02 Å². The van der Waals surface area contributed by atoms with E-state index >= 15 is 0 Å². The Hall–Kier alpha value is -1.82. The van der Waals surface area contributed by atoms with Crippen molar-refractivity contribution in [3.05, 3.63) is 32.8 Å². The topological polar surface area (TPSA) is 98.3 Å². The first-order valence-corrected chi connectivity index (χ1v) is 7.39. The molecule has 0 spiro atoms. The van der Waals surface area contributed by atoms with Crippen molar-refractivity contribution in [1.82, 2.24) is 5.32 Å². The van der Waals surface area contributed by atoms with E-state index in [1.807, 2.05) is 0 Å². The number of nitrogens with one attached hydrogen (secondary N) is 1. The molecule has 6 nitrogen and oxygen atoms in total. The minimum atomic E-state index is -0.582. The maximum absolute atomic E-state index is 12.4. The van der Waals surface area contributed by atoms with Crippen LogP contribution < -0.4 is 11.1 Å². The van der Waals surface area contributed by atoms with Gasteiger partial charge in [0.15, 0.2) is 0 Å². The van der Waals surface area contributed by atoms with Crippen LogP contribution in [0.3, 0.4) is 0 Å². The first-order chi connectivity index (χ1) is 9.97. The molecule has 112 valence electrons. The van der Waals surface area contributed by atoms with Crippen molar-refractivity contribution in [3.63, 3.8) is 0 Å². The number of halogens is 1. The van der Waals surface area contributed by atoms with Gasteiger partial charge in [0.05, 0.1) is 21.2 Å². The molecular formula is C14H16ClN3O3. The minimum absolute atomic E-state index is 0.0312. The number of hydrogen-bond acceptors (Lipinski definition) is 4. The van der Waals surface area contributed by atoms with Crippen molar-refractivity contribution < 1.29 is 9.72 Å². The summed E-state index contributed by atoms with van der Waals surface area (Å²) in [6.07, 6.45) is 4.53. The van der Waals surface area contributed by atoms with E-state index in [-0.39, 0.29) is 33.9 Å². The fourth-order valence-electron chi connectivity index (χ4n) is 2.66. The summed E-state index contributed by atoms with van der Waals surface area (Å²) in [7, 11) is 0. The van der Waals surface area contributed by atoms with E-state index in [0.717, 1.165) is 31.7 Å². The van der Waals surface area contributed by atoms with Crippen molar-refractivity contribution in [1.29, 1.82) is 0 Å². The van der Waals surface area contributed by atoms with E-state index in [1.165, 1.54) is 6.07 Å². The maximum atomic E-state index is 12.4. The quantitative estimate of drug-likeness (QED) is 0.496. The first-order valence-electron chi connectivity index (χ1n) is 7.01. The number of nitrogen functional groups attached to an aromatic ring is 1. The predicted octanol–water partition coefficient (Wildman–Crippen LogP) is 2.75. The molecule has 1 aromatic rings. The van der Waals surface area contributed by atoms with Crippen LogP contribution in [0.1, 0.15) is 36.0 Å². The Morgan fingerprint density at radius 3 is 2.38 bits per heavy atom. The van der Waals surface area contributed by atoms with E-state index in [2.05, 4.69) is 5.32 Å². The number of carbonyl (C=O) groups excluding carboxylic acids is 1. The zero-order chi connectivity index (χ0) is 15.1. The zero-order valence-electron chi connectivity index (χ0n) is 11.3. The van der Waals surface area contributed by atoms with Gasteiger partial charge in [-0.15, -0.1) is 0 Å². The molecule has 1 amide bonds. The van der Waals surface area contributed by atoms with Gasteiger partial charge in [-0.25, -0.2) is 0 Å². The number of amides is 1. The van der Waals surface area contributed by atoms with Crippen LogP contribution in [-0.4, -0.2) is 16.9 Å². The van der Waals surface area contributed by atoms with E-state index in [4.69, 9.17) is 17.3 Å². The molecule has 1 aromatic carbocycles. The van der Waals surface area contributed by atoms with Crippen molar-refractivity contribution in [2.45, 2.75) is 31.7 Å². The Labute approximate surface area is 126 Å². The molecule has 0 atom stereocenters. The summed E-state index contributed by atoms with van der Waals surface area (Å²) in [5.74, 6) is 0.704. The fourth-order valence-corrected chi connectivity index (χ4v) is 2.87. The number of carbonyl (C=O) groups is 1. The standard InChI is InChI=1S/C14H16ClN3O3/c15-11-6-9(18(20)21)5-10(12(11)16)14(19)17-13(7-1-2-7)8-3-4-8/h5-8,13H,1-4,16H2,(H,17,19). The fraction of sp³-hybridized carbons (Fsp3) is 0.500. The van der Waals surface area contributed by atoms with Crippen LogP contribution in [0.15, 0.2) is 12.1 Å². The maximum Gasteiger partial charge on any atom is 0.271 e. The average molecular weight is 310 g/mol. The largest absolute Gasteiger partial charge is 0.397 e. The highest BCUT2D eigenvalue weighted by molar-refractivity contribution is 6.34. The SMILES string of the molecule is Nc1c(Cl)cc([N+](=O)[O-])cc1C(=O)NC(C1CC1)C1CC1. The lowest BCUT2D eigenvalue weighted by Gasteiger charge is -2.18. The van der Waals surface area contributed by atoms with Gasteiger partial charge in [0, 0.05) is 18.2 Å². The third kappa shape index (κ3) is 2.95. The first kappa shape index (κ1) is 14.1. The molecule has 2 aliphatic rings. The number of anilines is 1. The summed E-state index contributed by atoms with van der Waals surface area (Å²) < 4.78 is 0. The summed E-state index contributed by atoms with van der Waals surface area (Å²) in [5, 5.41) is 13.9. The number of nitrogens with two attached hydrogens (primary N) is 1. The molecule has 3 N–H and O–H groups in total. The molecule has 2 saturated carbocycles. The number of hydrogen-bond donors (Lipinski definition) is 2. The van der Waals surface area contributed by atoms with Gasteiger partial charge in [0.2, 0.25) is 0 Å². The summed E-state index contributed by atoms with van der Waals surface area (Å²) in [5.41, 5.74) is 5.74. The predicted molar refractivity (Wildman–Crippen MR) is 79.2 cm³/mol. The Kier molecular flexibility index (Phi) is 3.49. The number of non-ortho nitro benzene ring substituents is 1. The summed E-state index contributed by atoms with van der Waals surface area (Å²) in [6, 6.07) is 2.51. The summed E-state index contributed by atoms with van der Waals surface area (Å²) >= 11 is 5.88. The highest BCUT2D eigenvalue weighted by Crippen LogP contribution is 2.44. The van der Waals surface area contributed by atoms with Gasteiger partial charge in [-0.2, -0.15) is 0 Å². The smallest absolute Gasteiger partial charge is 0.271 e. The number of rotatable bonds is 5. The van der Waals surface area contributed by atoms with E-state index in [1.54, 1.807) is 0 Å². The van der Waals surface area contributed by atoms with Crippen LogP contribution >= 0.6 is 11.6 Å². The van der Waals surface area contributed by atoms with Crippen molar-refractivity contribution in [3.8, 4) is 0 Å². The Morgan fingerprint density at radius 1 is 1.33 bits per heavy atom. The van der Waals surface area contributed by atoms with Gasteiger partial charge in [-0.1, -0.05) is 11.6 Å². The lowest BCUT2D eigenvalue weighted by molar-refractivity contribution is -0.384. The second-order valence-electron chi connectivity index (χ2n) is 5.82. The molecule has 0 saturated heterocycles. The second kappa shape index (κ2) is 5.18. The number of benzene rings is 1. The normalized spacial score (nSPS) is 17.8. The van der Waals surface area contributed by atoms with Crippen molar-refractivity contribution >= 4 is 28.9 Å². The second-order valence-corrected chi connectivity index (χ2v) is 6.23. The monoisotopic (exact) mass is 309 g/mol. The minimum Gasteiger partial charge on any atom is -0.397 e. The number of nitrogens with zero attached hydrogens (tertiary/aromatic N) is 1. The lowest BCUT2D eigenvalue weighted by atomic mass is 10.1. The van der Waals surface area contributed by atoms with Gasteiger partial charge in [0.1, 0.15) is 0 Å². The van der Waals surface area contributed by atoms with Gasteiger partial charge < -0.3 is 11.1 Å². The van der Waals surface area contributed by atoms with E-state index < -0.39 is 4.92 Å². The molecule has 3 rings (SSSR count). The Bertz CT molecular complexity index is 600. The molecular weight excluding hydrogens is 294 g/mol. The van der Waals surface area contributed by atoms with Crippen LogP contribution in [0.5, 0.6) is 0 Å². The molecule has 0 bridgehead atoms. The van der Waals surface area contributed by atoms with Gasteiger partial charge in [-0.3, -0.25) is 14.9 Å². The molecule has 21 heavy (non-hydrogen) atoms. The molecule has 0 unspecified atom stereocenters. The number of nitro groups is 1.